The number of carboxylic acid groups (broad SMARTS) is 1. The van der Waals surface area contributed by atoms with Crippen LogP contribution in [-0.4, -0.2) is 35.1 Å². The molecule has 1 aliphatic carbocycles. The second-order valence-corrected chi connectivity index (χ2v) is 4.29. The minimum Gasteiger partial charge on any atom is -0.480 e. The molecule has 0 saturated heterocycles. The van der Waals surface area contributed by atoms with Gasteiger partial charge < -0.3 is 10.4 Å². The van der Waals surface area contributed by atoms with Crippen molar-refractivity contribution in [2.24, 2.45) is 0 Å². The Bertz CT molecular complexity index is 270. The van der Waals surface area contributed by atoms with E-state index in [9.17, 15) is 9.59 Å². The second-order valence-electron chi connectivity index (χ2n) is 4.29. The van der Waals surface area contributed by atoms with Gasteiger partial charge in [0.1, 0.15) is 5.54 Å². The summed E-state index contributed by atoms with van der Waals surface area (Å²) in [6.07, 6.45) is 3.01. The van der Waals surface area contributed by atoms with Crippen molar-refractivity contribution in [3.05, 3.63) is 0 Å². The van der Waals surface area contributed by atoms with Crippen LogP contribution < -0.4 is 10.6 Å². The summed E-state index contributed by atoms with van der Waals surface area (Å²) in [7, 11) is 0. The number of nitrogens with one attached hydrogen (secondary N) is 2. The van der Waals surface area contributed by atoms with E-state index in [1.165, 1.54) is 0 Å². The highest BCUT2D eigenvalue weighted by Gasteiger charge is 2.35. The molecule has 5 nitrogen and oxygen atoms in total. The van der Waals surface area contributed by atoms with Gasteiger partial charge in [0, 0.05) is 6.04 Å². The van der Waals surface area contributed by atoms with Crippen molar-refractivity contribution in [2.75, 3.05) is 6.54 Å². The standard InChI is InChI=1S/C11H20N2O3/c1-3-11(4-2,10(15)16)12-7-9(14)13-8-5-6-8/h8,12H,3-7H2,1-2H3,(H,13,14)(H,15,16). The van der Waals surface area contributed by atoms with Crippen molar-refractivity contribution in [3.8, 4) is 0 Å². The minimum absolute atomic E-state index is 0.0739. The zero-order valence-corrected chi connectivity index (χ0v) is 9.88. The zero-order valence-electron chi connectivity index (χ0n) is 9.88. The highest BCUT2D eigenvalue weighted by Crippen LogP contribution is 2.18. The van der Waals surface area contributed by atoms with Crippen LogP contribution in [0, 0.1) is 0 Å². The van der Waals surface area contributed by atoms with E-state index >= 15 is 0 Å². The molecule has 1 rings (SSSR count). The Labute approximate surface area is 95.6 Å². The van der Waals surface area contributed by atoms with Gasteiger partial charge in [-0.3, -0.25) is 14.9 Å². The molecular weight excluding hydrogens is 208 g/mol. The SMILES string of the molecule is CCC(CC)(NCC(=O)NC1CC1)C(=O)O. The fourth-order valence-corrected chi connectivity index (χ4v) is 1.63. The maximum atomic E-state index is 11.4. The molecule has 0 unspecified atom stereocenters. The molecule has 1 amide bonds. The molecule has 1 saturated carbocycles. The van der Waals surface area contributed by atoms with Crippen LogP contribution in [0.4, 0.5) is 0 Å². The molecule has 0 atom stereocenters. The minimum atomic E-state index is -0.971. The van der Waals surface area contributed by atoms with Crippen LogP contribution in [-0.2, 0) is 9.59 Å². The monoisotopic (exact) mass is 228 g/mol. The van der Waals surface area contributed by atoms with Crippen LogP contribution in [0.3, 0.4) is 0 Å². The second kappa shape index (κ2) is 5.30. The van der Waals surface area contributed by atoms with Gasteiger partial charge in [-0.25, -0.2) is 0 Å². The van der Waals surface area contributed by atoms with Crippen LogP contribution >= 0.6 is 0 Å². The first-order valence-corrected chi connectivity index (χ1v) is 5.82. The number of amides is 1. The van der Waals surface area contributed by atoms with Gasteiger partial charge in [-0.05, 0) is 25.7 Å². The molecule has 0 aliphatic heterocycles. The van der Waals surface area contributed by atoms with Gasteiger partial charge in [-0.1, -0.05) is 13.8 Å². The topological polar surface area (TPSA) is 78.4 Å². The fourth-order valence-electron chi connectivity index (χ4n) is 1.63. The van der Waals surface area contributed by atoms with Crippen molar-refractivity contribution in [3.63, 3.8) is 0 Å². The molecule has 1 fully saturated rings. The maximum Gasteiger partial charge on any atom is 0.323 e. The van der Waals surface area contributed by atoms with Gasteiger partial charge in [0.2, 0.25) is 5.91 Å². The molecule has 0 spiro atoms. The van der Waals surface area contributed by atoms with Gasteiger partial charge in [-0.2, -0.15) is 0 Å². The average molecular weight is 228 g/mol. The molecule has 0 heterocycles. The van der Waals surface area contributed by atoms with E-state index in [4.69, 9.17) is 5.11 Å². The maximum absolute atomic E-state index is 11.4. The van der Waals surface area contributed by atoms with Crippen molar-refractivity contribution in [2.45, 2.75) is 51.1 Å². The third-order valence-electron chi connectivity index (χ3n) is 3.15. The molecule has 0 radical (unpaired) electrons. The number of carbonyl (C=O) groups excluding carboxylic acids is 1. The molecule has 3 N–H and O–H groups in total. The highest BCUT2D eigenvalue weighted by atomic mass is 16.4. The Kier molecular flexibility index (Phi) is 4.29. The van der Waals surface area contributed by atoms with E-state index in [1.54, 1.807) is 0 Å². The van der Waals surface area contributed by atoms with Crippen LogP contribution in [0.1, 0.15) is 39.5 Å². The first kappa shape index (κ1) is 13.0. The summed E-state index contributed by atoms with van der Waals surface area (Å²) in [5.41, 5.74) is -0.971. The summed E-state index contributed by atoms with van der Waals surface area (Å²) in [6.45, 7) is 3.69. The highest BCUT2D eigenvalue weighted by molar-refractivity contribution is 5.82. The van der Waals surface area contributed by atoms with E-state index in [1.807, 2.05) is 13.8 Å². The summed E-state index contributed by atoms with van der Waals surface area (Å²) in [5, 5.41) is 14.8. The number of aliphatic carboxylic acids is 1. The van der Waals surface area contributed by atoms with Gasteiger partial charge >= 0.3 is 5.97 Å². The number of carboxylic acids is 1. The third-order valence-corrected chi connectivity index (χ3v) is 3.15. The normalized spacial score (nSPS) is 15.9. The predicted molar refractivity (Wildman–Crippen MR) is 60.1 cm³/mol. The van der Waals surface area contributed by atoms with E-state index < -0.39 is 11.5 Å². The Balaban J connectivity index is 2.41. The molecule has 5 heteroatoms. The van der Waals surface area contributed by atoms with Crippen LogP contribution in [0.15, 0.2) is 0 Å². The van der Waals surface area contributed by atoms with Gasteiger partial charge in [0.15, 0.2) is 0 Å². The molecule has 0 bridgehead atoms. The lowest BCUT2D eigenvalue weighted by molar-refractivity contribution is -0.145. The summed E-state index contributed by atoms with van der Waals surface area (Å²) in [4.78, 5) is 22.6. The largest absolute Gasteiger partial charge is 0.480 e. The lowest BCUT2D eigenvalue weighted by Crippen LogP contribution is -2.54. The van der Waals surface area contributed by atoms with E-state index in [0.29, 0.717) is 18.9 Å². The smallest absolute Gasteiger partial charge is 0.323 e. The van der Waals surface area contributed by atoms with E-state index in [0.717, 1.165) is 12.8 Å². The molecule has 16 heavy (non-hydrogen) atoms. The summed E-state index contributed by atoms with van der Waals surface area (Å²) >= 11 is 0. The average Bonchev–Trinajstić information content (AvgIpc) is 3.03. The van der Waals surface area contributed by atoms with E-state index in [-0.39, 0.29) is 12.5 Å². The van der Waals surface area contributed by atoms with Crippen LogP contribution in [0.5, 0.6) is 0 Å². The molecule has 1 aliphatic rings. The number of carbonyl (C=O) groups is 2. The fraction of sp³-hybridized carbons (Fsp3) is 0.818. The first-order valence-electron chi connectivity index (χ1n) is 5.82. The van der Waals surface area contributed by atoms with Gasteiger partial charge in [0.25, 0.3) is 0 Å². The summed E-state index contributed by atoms with van der Waals surface area (Å²) in [6, 6.07) is 0.316. The van der Waals surface area contributed by atoms with Crippen molar-refractivity contribution in [1.29, 1.82) is 0 Å². The lowest BCUT2D eigenvalue weighted by Gasteiger charge is -2.27. The van der Waals surface area contributed by atoms with Crippen molar-refractivity contribution >= 4 is 11.9 Å². The number of hydrogen-bond acceptors (Lipinski definition) is 3. The lowest BCUT2D eigenvalue weighted by atomic mass is 9.93. The molecule has 0 aromatic rings. The summed E-state index contributed by atoms with van der Waals surface area (Å²) < 4.78 is 0. The third kappa shape index (κ3) is 3.20. The molecule has 92 valence electrons. The van der Waals surface area contributed by atoms with Gasteiger partial charge in [-0.15, -0.1) is 0 Å². The Morgan fingerprint density at radius 3 is 2.25 bits per heavy atom. The van der Waals surface area contributed by atoms with Crippen LogP contribution in [0.2, 0.25) is 0 Å². The van der Waals surface area contributed by atoms with Crippen molar-refractivity contribution in [1.82, 2.24) is 10.6 Å². The van der Waals surface area contributed by atoms with Crippen molar-refractivity contribution < 1.29 is 14.7 Å². The Morgan fingerprint density at radius 1 is 1.31 bits per heavy atom. The van der Waals surface area contributed by atoms with Gasteiger partial charge in [0.05, 0.1) is 6.54 Å². The predicted octanol–water partition coefficient (Wildman–Crippen LogP) is 0.498. The van der Waals surface area contributed by atoms with Crippen LogP contribution in [0.25, 0.3) is 0 Å². The number of rotatable bonds is 7. The Hall–Kier alpha value is -1.10. The molecular formula is C11H20N2O3. The molecule has 0 aromatic carbocycles. The Morgan fingerprint density at radius 2 is 1.88 bits per heavy atom. The zero-order chi connectivity index (χ0) is 12.2. The first-order chi connectivity index (χ1) is 7.54. The summed E-state index contributed by atoms with van der Waals surface area (Å²) in [5.74, 6) is -1.01. The quantitative estimate of drug-likeness (QED) is 0.593. The molecule has 0 aromatic heterocycles. The van der Waals surface area contributed by atoms with E-state index in [2.05, 4.69) is 10.6 Å². The number of hydrogen-bond donors (Lipinski definition) is 3.